The van der Waals surface area contributed by atoms with Crippen LogP contribution < -0.4 is 11.1 Å². The van der Waals surface area contributed by atoms with Gasteiger partial charge in [-0.05, 0) is 50.6 Å². The molecule has 2 nitrogen and oxygen atoms in total. The lowest BCUT2D eigenvalue weighted by Gasteiger charge is -2.30. The molecule has 1 aliphatic carbocycles. The van der Waals surface area contributed by atoms with Gasteiger partial charge in [-0.1, -0.05) is 33.1 Å². The fourth-order valence-electron chi connectivity index (χ4n) is 2.73. The molecule has 1 rings (SSSR count). The van der Waals surface area contributed by atoms with Crippen molar-refractivity contribution in [3.8, 4) is 0 Å². The number of hydrogen-bond acceptors (Lipinski definition) is 2. The summed E-state index contributed by atoms with van der Waals surface area (Å²) in [5.41, 5.74) is 5.80. The fourth-order valence-corrected chi connectivity index (χ4v) is 2.73. The van der Waals surface area contributed by atoms with Gasteiger partial charge in [-0.25, -0.2) is 0 Å². The van der Waals surface area contributed by atoms with E-state index in [0.717, 1.165) is 19.0 Å². The highest BCUT2D eigenvalue weighted by atomic mass is 14.9. The first-order valence-electron chi connectivity index (χ1n) is 7.08. The molecule has 0 aromatic rings. The van der Waals surface area contributed by atoms with Gasteiger partial charge in [0.2, 0.25) is 0 Å². The zero-order valence-corrected chi connectivity index (χ0v) is 11.3. The van der Waals surface area contributed by atoms with Crippen LogP contribution in [0, 0.1) is 17.8 Å². The Labute approximate surface area is 101 Å². The molecule has 2 heteroatoms. The molecule has 0 aromatic carbocycles. The predicted molar refractivity (Wildman–Crippen MR) is 71.4 cm³/mol. The van der Waals surface area contributed by atoms with Crippen molar-refractivity contribution in [2.24, 2.45) is 23.5 Å². The zero-order valence-electron chi connectivity index (χ0n) is 11.3. The van der Waals surface area contributed by atoms with Gasteiger partial charge in [0, 0.05) is 6.04 Å². The smallest absolute Gasteiger partial charge is 0.00671 e. The Morgan fingerprint density at radius 3 is 2.25 bits per heavy atom. The van der Waals surface area contributed by atoms with E-state index >= 15 is 0 Å². The van der Waals surface area contributed by atoms with E-state index in [2.05, 4.69) is 26.1 Å². The maximum atomic E-state index is 5.80. The van der Waals surface area contributed by atoms with Gasteiger partial charge in [0.05, 0.1) is 0 Å². The Morgan fingerprint density at radius 1 is 1.12 bits per heavy atom. The normalized spacial score (nSPS) is 22.3. The molecule has 0 aromatic heterocycles. The highest BCUT2D eigenvalue weighted by Crippen LogP contribution is 2.26. The van der Waals surface area contributed by atoms with Crippen LogP contribution in [0.15, 0.2) is 0 Å². The highest BCUT2D eigenvalue weighted by molar-refractivity contribution is 4.77. The second-order valence-corrected chi connectivity index (χ2v) is 5.83. The van der Waals surface area contributed by atoms with Crippen molar-refractivity contribution >= 4 is 0 Å². The van der Waals surface area contributed by atoms with Crippen LogP contribution in [0.5, 0.6) is 0 Å². The third kappa shape index (κ3) is 4.42. The summed E-state index contributed by atoms with van der Waals surface area (Å²) in [6.45, 7) is 8.78. The summed E-state index contributed by atoms with van der Waals surface area (Å²) in [5, 5.41) is 3.70. The van der Waals surface area contributed by atoms with E-state index in [1.54, 1.807) is 0 Å². The van der Waals surface area contributed by atoms with Crippen LogP contribution in [-0.2, 0) is 0 Å². The number of hydrogen-bond donors (Lipinski definition) is 2. The molecule has 0 amide bonds. The number of nitrogens with two attached hydrogens (primary N) is 1. The van der Waals surface area contributed by atoms with Gasteiger partial charge < -0.3 is 11.1 Å². The minimum absolute atomic E-state index is 0.631. The van der Waals surface area contributed by atoms with Crippen molar-refractivity contribution in [1.82, 2.24) is 5.32 Å². The lowest BCUT2D eigenvalue weighted by Crippen LogP contribution is -2.40. The quantitative estimate of drug-likeness (QED) is 0.731. The van der Waals surface area contributed by atoms with Crippen LogP contribution in [0.1, 0.15) is 52.9 Å². The average molecular weight is 226 g/mol. The monoisotopic (exact) mass is 226 g/mol. The second-order valence-electron chi connectivity index (χ2n) is 5.83. The number of nitrogens with one attached hydrogen (secondary N) is 1. The highest BCUT2D eigenvalue weighted by Gasteiger charge is 2.20. The molecular formula is C14H30N2. The average Bonchev–Trinajstić information content (AvgIpc) is 2.30. The standard InChI is InChI=1S/C14H30N2/c1-11(2)14(9-15)10-16-12(3)13-7-5-4-6-8-13/h11-14,16H,4-10,15H2,1-3H3/t12-,14?/m0/s1. The summed E-state index contributed by atoms with van der Waals surface area (Å²) in [6, 6.07) is 0.674. The fraction of sp³-hybridized carbons (Fsp3) is 1.00. The van der Waals surface area contributed by atoms with Gasteiger partial charge in [-0.3, -0.25) is 0 Å². The molecule has 0 saturated heterocycles. The van der Waals surface area contributed by atoms with Gasteiger partial charge in [0.15, 0.2) is 0 Å². The first kappa shape index (κ1) is 14.0. The van der Waals surface area contributed by atoms with Crippen LogP contribution in [0.2, 0.25) is 0 Å². The summed E-state index contributed by atoms with van der Waals surface area (Å²) < 4.78 is 0. The van der Waals surface area contributed by atoms with Crippen molar-refractivity contribution < 1.29 is 0 Å². The van der Waals surface area contributed by atoms with Crippen molar-refractivity contribution in [3.05, 3.63) is 0 Å². The third-order valence-corrected chi connectivity index (χ3v) is 4.30. The maximum Gasteiger partial charge on any atom is 0.00671 e. The molecule has 96 valence electrons. The van der Waals surface area contributed by atoms with Crippen LogP contribution >= 0.6 is 0 Å². The van der Waals surface area contributed by atoms with E-state index < -0.39 is 0 Å². The molecule has 0 spiro atoms. The maximum absolute atomic E-state index is 5.80. The summed E-state index contributed by atoms with van der Waals surface area (Å²) in [4.78, 5) is 0. The van der Waals surface area contributed by atoms with E-state index in [0.29, 0.717) is 17.9 Å². The minimum atomic E-state index is 0.631. The summed E-state index contributed by atoms with van der Waals surface area (Å²) in [7, 11) is 0. The lowest BCUT2D eigenvalue weighted by molar-refractivity contribution is 0.260. The molecule has 1 unspecified atom stereocenters. The molecular weight excluding hydrogens is 196 g/mol. The van der Waals surface area contributed by atoms with Crippen molar-refractivity contribution in [1.29, 1.82) is 0 Å². The van der Waals surface area contributed by atoms with E-state index in [9.17, 15) is 0 Å². The molecule has 2 atom stereocenters. The van der Waals surface area contributed by atoms with Crippen molar-refractivity contribution in [3.63, 3.8) is 0 Å². The first-order valence-corrected chi connectivity index (χ1v) is 7.08. The third-order valence-electron chi connectivity index (χ3n) is 4.30. The molecule has 0 radical (unpaired) electrons. The summed E-state index contributed by atoms with van der Waals surface area (Å²) >= 11 is 0. The minimum Gasteiger partial charge on any atom is -0.330 e. The van der Waals surface area contributed by atoms with Gasteiger partial charge in [-0.2, -0.15) is 0 Å². The van der Waals surface area contributed by atoms with Crippen LogP contribution in [0.4, 0.5) is 0 Å². The van der Waals surface area contributed by atoms with Gasteiger partial charge in [0.1, 0.15) is 0 Å². The molecule has 0 heterocycles. The zero-order chi connectivity index (χ0) is 12.0. The van der Waals surface area contributed by atoms with E-state index in [1.807, 2.05) is 0 Å². The predicted octanol–water partition coefficient (Wildman–Crippen LogP) is 2.78. The van der Waals surface area contributed by atoms with Crippen LogP contribution in [0.25, 0.3) is 0 Å². The van der Waals surface area contributed by atoms with Crippen molar-refractivity contribution in [2.75, 3.05) is 13.1 Å². The van der Waals surface area contributed by atoms with Crippen LogP contribution in [0.3, 0.4) is 0 Å². The Bertz CT molecular complexity index is 174. The topological polar surface area (TPSA) is 38.0 Å². The molecule has 1 aliphatic rings. The summed E-state index contributed by atoms with van der Waals surface area (Å²) in [6.07, 6.45) is 7.15. The Balaban J connectivity index is 2.24. The Morgan fingerprint density at radius 2 is 1.75 bits per heavy atom. The number of rotatable bonds is 6. The molecule has 0 bridgehead atoms. The summed E-state index contributed by atoms with van der Waals surface area (Å²) in [5.74, 6) is 2.22. The van der Waals surface area contributed by atoms with Crippen molar-refractivity contribution in [2.45, 2.75) is 58.9 Å². The van der Waals surface area contributed by atoms with Crippen LogP contribution in [-0.4, -0.2) is 19.1 Å². The molecule has 3 N–H and O–H groups in total. The molecule has 1 fully saturated rings. The van der Waals surface area contributed by atoms with E-state index in [-0.39, 0.29) is 0 Å². The molecule has 1 saturated carbocycles. The van der Waals surface area contributed by atoms with Gasteiger partial charge in [-0.15, -0.1) is 0 Å². The SMILES string of the molecule is CC(C)C(CN)CN[C@@H](C)C1CCCCC1. The Kier molecular flexibility index (Phi) is 6.37. The lowest BCUT2D eigenvalue weighted by atomic mass is 9.84. The molecule has 0 aliphatic heterocycles. The van der Waals surface area contributed by atoms with E-state index in [4.69, 9.17) is 5.73 Å². The second kappa shape index (κ2) is 7.29. The van der Waals surface area contributed by atoms with E-state index in [1.165, 1.54) is 32.1 Å². The van der Waals surface area contributed by atoms with Gasteiger partial charge >= 0.3 is 0 Å². The Hall–Kier alpha value is -0.0800. The largest absolute Gasteiger partial charge is 0.330 e. The van der Waals surface area contributed by atoms with Gasteiger partial charge in [0.25, 0.3) is 0 Å². The molecule has 16 heavy (non-hydrogen) atoms. The first-order chi connectivity index (χ1) is 7.65.